The molecule has 0 spiro atoms. The molecule has 124 heavy (non-hydrogen) atoms. The van der Waals surface area contributed by atoms with Gasteiger partial charge < -0.3 is 74.9 Å². The van der Waals surface area contributed by atoms with Gasteiger partial charge in [0.05, 0.1) is 44.9 Å². The van der Waals surface area contributed by atoms with E-state index in [0.29, 0.717) is 38.5 Å². The Morgan fingerprint density at radius 3 is 1.03 bits per heavy atom. The Labute approximate surface area is 749 Å². The Morgan fingerprint density at radius 2 is 0.669 bits per heavy atom. The van der Waals surface area contributed by atoms with Gasteiger partial charge in [-0.1, -0.05) is 177 Å². The van der Waals surface area contributed by atoms with Gasteiger partial charge in [-0.15, -0.1) is 22.7 Å². The summed E-state index contributed by atoms with van der Waals surface area (Å²) in [5.74, 6) is 6.58. The van der Waals surface area contributed by atoms with Crippen molar-refractivity contribution in [3.8, 4) is 40.2 Å². The van der Waals surface area contributed by atoms with Gasteiger partial charge in [0, 0.05) is 97.2 Å². The van der Waals surface area contributed by atoms with Crippen molar-refractivity contribution in [2.24, 2.45) is 0 Å². The van der Waals surface area contributed by atoms with Crippen LogP contribution in [0.25, 0.3) is 0 Å². The Hall–Kier alpha value is -11.0. The third-order valence-electron chi connectivity index (χ3n) is 18.4. The summed E-state index contributed by atoms with van der Waals surface area (Å²) in [5.41, 5.74) is 10.9. The van der Waals surface area contributed by atoms with Crippen molar-refractivity contribution in [2.45, 2.75) is 172 Å². The van der Waals surface area contributed by atoms with Crippen LogP contribution in [0.5, 0.6) is 40.2 Å². The van der Waals surface area contributed by atoms with Gasteiger partial charge in [0.15, 0.2) is 10.3 Å². The molecule has 7 N–H and O–H groups in total. The molecule has 0 aliphatic carbocycles. The minimum atomic E-state index is 0.581. The minimum absolute atomic E-state index is 0.581. The first-order valence-electron chi connectivity index (χ1n) is 44.1. The van der Waals surface area contributed by atoms with E-state index in [-0.39, 0.29) is 0 Å². The third kappa shape index (κ3) is 52.5. The maximum Gasteiger partial charge on any atom is 0.182 e. The molecule has 5 heterocycles. The minimum Gasteiger partial charge on any atom is -0.494 e. The van der Waals surface area contributed by atoms with Crippen LogP contribution in [-0.4, -0.2) is 140 Å². The van der Waals surface area contributed by atoms with Crippen LogP contribution in [-0.2, 0) is 6.54 Å². The number of benzene rings is 7. The van der Waals surface area contributed by atoms with Crippen LogP contribution in [0.3, 0.4) is 0 Å². The fraction of sp³-hybridized carbons (Fsp3) is 0.402. The zero-order valence-electron chi connectivity index (χ0n) is 75.9. The average molecular weight is 1730 g/mol. The molecule has 0 fully saturated rings. The Bertz CT molecular complexity index is 4370. The molecule has 0 aliphatic heterocycles. The van der Waals surface area contributed by atoms with Gasteiger partial charge in [-0.3, -0.25) is 9.97 Å². The number of nitrogens with zero attached hydrogens (tertiary/aromatic N) is 6. The number of nitrogens with one attached hydrogen (secondary N) is 7. The number of pyridine rings is 2. The first kappa shape index (κ1) is 102. The largest absolute Gasteiger partial charge is 0.494 e. The van der Waals surface area contributed by atoms with Crippen molar-refractivity contribution < 1.29 is 33.2 Å². The molecule has 5 aromatic heterocycles. The zero-order chi connectivity index (χ0) is 88.3. The van der Waals surface area contributed by atoms with E-state index in [1.807, 2.05) is 195 Å². The molecular weight excluding hydrogens is 1580 g/mol. The first-order chi connectivity index (χ1) is 60.5. The molecule has 0 aliphatic rings. The molecule has 12 rings (SSSR count). The maximum absolute atomic E-state index is 5.73. The Balaban J connectivity index is 0.000000224. The smallest absolute Gasteiger partial charge is 0.182 e. The van der Waals surface area contributed by atoms with Crippen molar-refractivity contribution in [1.82, 2.24) is 45.4 Å². The molecule has 0 radical (unpaired) electrons. The normalized spacial score (nSPS) is 10.4. The van der Waals surface area contributed by atoms with Gasteiger partial charge >= 0.3 is 0 Å². The summed E-state index contributed by atoms with van der Waals surface area (Å²) in [6.45, 7) is 38.8. The number of rotatable bonds is 48. The lowest BCUT2D eigenvalue weighted by Crippen LogP contribution is -2.23. The zero-order valence-corrected chi connectivity index (χ0v) is 77.5. The van der Waals surface area contributed by atoms with Gasteiger partial charge in [0.1, 0.15) is 66.7 Å². The summed E-state index contributed by atoms with van der Waals surface area (Å²) in [6, 6.07) is 66.0. The van der Waals surface area contributed by atoms with Crippen LogP contribution >= 0.6 is 22.7 Å². The van der Waals surface area contributed by atoms with Crippen LogP contribution < -0.4 is 70.4 Å². The number of hydrogen-bond acceptors (Lipinski definition) is 21. The Morgan fingerprint density at radius 1 is 0.306 bits per heavy atom. The number of unbranched alkanes of at least 4 members (excludes halogenated alkanes) is 7. The molecule has 20 nitrogen and oxygen atoms in total. The highest BCUT2D eigenvalue weighted by Gasteiger charge is 2.04. The number of ether oxygens (including phenoxy) is 7. The van der Waals surface area contributed by atoms with E-state index >= 15 is 0 Å². The highest BCUT2D eigenvalue weighted by molar-refractivity contribution is 7.15. The van der Waals surface area contributed by atoms with Gasteiger partial charge in [0.25, 0.3) is 0 Å². The monoisotopic (exact) mass is 1720 g/mol. The second-order valence-electron chi connectivity index (χ2n) is 30.6. The van der Waals surface area contributed by atoms with Crippen molar-refractivity contribution in [3.05, 3.63) is 299 Å². The van der Waals surface area contributed by atoms with Gasteiger partial charge in [-0.05, 0) is 236 Å². The molecular formula is C102H141N13O7S2. The van der Waals surface area contributed by atoms with Crippen molar-refractivity contribution >= 4 is 44.3 Å². The number of aromatic nitrogens is 6. The lowest BCUT2D eigenvalue weighted by molar-refractivity contribution is 0.304. The second kappa shape index (κ2) is 65.6. The quantitative estimate of drug-likeness (QED) is 0.0176. The number of thiazole rings is 2. The summed E-state index contributed by atoms with van der Waals surface area (Å²) >= 11 is 3.25. The van der Waals surface area contributed by atoms with Crippen LogP contribution in [0.2, 0.25) is 0 Å². The maximum atomic E-state index is 5.73. The van der Waals surface area contributed by atoms with Crippen LogP contribution in [0.15, 0.2) is 255 Å². The third-order valence-corrected chi connectivity index (χ3v) is 20.0. The van der Waals surface area contributed by atoms with Crippen LogP contribution in [0, 0.1) is 55.4 Å². The lowest BCUT2D eigenvalue weighted by Gasteiger charge is -2.08. The van der Waals surface area contributed by atoms with Crippen molar-refractivity contribution in [1.29, 1.82) is 0 Å². The standard InChI is InChI=1S/C19H29N3O.C16H27NO.2C14H16N2O.C14H23NO.C13H16N2OS.C12H14N2OS/c1-18-7-9-19(10-8-18)23-16-5-3-2-4-11-20-12-6-14-22-15-13-21-17-22;1-14(2)17-12-6-4-5-7-13-18-16-10-8-15(3)9-11-16;1-12-2-4-14(5-3-12)17-11-10-16-13-6-8-15-9-7-13;1-12-4-6-14(7-5-12)17-10-9-16-13-3-2-8-15-11-13;1-12(2)15-10-4-5-11-16-14-8-6-13(3)7-9-14;1-10-3-5-12(6-4-10)16-8-7-14-13-15-9-11(2)17-13;1-10-2-4-11(5-3-10)15-8-6-13-12-14-7-9-16-12/h7-10,13,15,17,20H,2-6,11-12,14,16H2,1H3;8-11,14,17H,4-7,12-13H2,1-3H3;2-9H,10-11H2,1H3,(H,15,16);2-8,11,16H,9-10H2,1H3;6-9,12,15H,4-5,10-11H2,1-3H3;3-6,9H,7-8H2,1-2H3,(H,14,15);2-5,7,9H,6,8H2,1H3,(H,13,14). The highest BCUT2D eigenvalue weighted by Crippen LogP contribution is 2.20. The van der Waals surface area contributed by atoms with Gasteiger partial charge in [-0.25, -0.2) is 15.0 Å². The molecule has 0 saturated carbocycles. The van der Waals surface area contributed by atoms with Crippen molar-refractivity contribution in [3.63, 3.8) is 0 Å². The fourth-order valence-corrected chi connectivity index (χ4v) is 12.6. The van der Waals surface area contributed by atoms with Crippen LogP contribution in [0.4, 0.5) is 21.6 Å². The predicted octanol–water partition coefficient (Wildman–Crippen LogP) is 22.8. The molecule has 0 bridgehead atoms. The number of hydrogen-bond donors (Lipinski definition) is 7. The van der Waals surface area contributed by atoms with E-state index in [9.17, 15) is 0 Å². The van der Waals surface area contributed by atoms with Gasteiger partial charge in [0.2, 0.25) is 0 Å². The summed E-state index contributed by atoms with van der Waals surface area (Å²) in [4.78, 5) is 21.6. The summed E-state index contributed by atoms with van der Waals surface area (Å²) < 4.78 is 41.6. The summed E-state index contributed by atoms with van der Waals surface area (Å²) in [6.07, 6.45) is 29.7. The Kier molecular flexibility index (Phi) is 53.9. The topological polar surface area (TPSA) is 218 Å². The van der Waals surface area contributed by atoms with E-state index < -0.39 is 0 Å². The highest BCUT2D eigenvalue weighted by atomic mass is 32.1. The molecule has 0 unspecified atom stereocenters. The van der Waals surface area contributed by atoms with Gasteiger partial charge in [-0.2, -0.15) is 0 Å². The number of imidazole rings is 1. The average Bonchev–Trinajstić information content (AvgIpc) is 1.76. The van der Waals surface area contributed by atoms with E-state index in [4.69, 9.17) is 33.2 Å². The molecule has 0 saturated heterocycles. The molecule has 12 aromatic rings. The first-order valence-corrected chi connectivity index (χ1v) is 45.7. The summed E-state index contributed by atoms with van der Waals surface area (Å²) in [5, 5.41) is 27.1. The fourth-order valence-electron chi connectivity index (χ4n) is 11.3. The molecule has 22 heteroatoms. The van der Waals surface area contributed by atoms with E-state index in [1.54, 1.807) is 53.7 Å². The number of anilines is 4. The summed E-state index contributed by atoms with van der Waals surface area (Å²) in [7, 11) is 0. The van der Waals surface area contributed by atoms with Crippen LogP contribution in [0.1, 0.15) is 142 Å². The van der Waals surface area contributed by atoms with E-state index in [2.05, 4.69) is 179 Å². The molecule has 0 atom stereocenters. The molecule has 7 aromatic carbocycles. The number of aryl methyl sites for hydroxylation is 9. The predicted molar refractivity (Wildman–Crippen MR) is 520 cm³/mol. The SMILES string of the molecule is Cc1ccc(OCCCCCCNC(C)C)cc1.Cc1ccc(OCCCCCCNCCCn2ccnc2)cc1.Cc1ccc(OCCCCNC(C)C)cc1.Cc1ccc(OCCNc2cccnc2)cc1.Cc1ccc(OCCNc2ccncc2)cc1.Cc1ccc(OCCNc2ncc(C)s2)cc1.Cc1ccc(OCCNc2nccs2)cc1. The van der Waals surface area contributed by atoms with Crippen molar-refractivity contribution in [2.75, 3.05) is 120 Å². The molecule has 0 amide bonds. The lowest BCUT2D eigenvalue weighted by atomic mass is 10.2. The second-order valence-corrected chi connectivity index (χ2v) is 32.7. The molecule has 668 valence electrons. The van der Waals surface area contributed by atoms with E-state index in [1.165, 1.54) is 88.8 Å². The van der Waals surface area contributed by atoms with E-state index in [0.717, 1.165) is 166 Å².